The van der Waals surface area contributed by atoms with Crippen LogP contribution in [-0.4, -0.2) is 8.42 Å². The predicted octanol–water partition coefficient (Wildman–Crippen LogP) is 3.71. The van der Waals surface area contributed by atoms with Crippen LogP contribution in [0.3, 0.4) is 0 Å². The van der Waals surface area contributed by atoms with E-state index in [0.29, 0.717) is 18.4 Å². The van der Waals surface area contributed by atoms with E-state index in [9.17, 15) is 17.2 Å². The molecule has 0 aromatic heterocycles. The molecule has 1 N–H and O–H groups in total. The molecule has 0 radical (unpaired) electrons. The van der Waals surface area contributed by atoms with Crippen molar-refractivity contribution in [3.05, 3.63) is 65.7 Å². The third-order valence-electron chi connectivity index (χ3n) is 4.30. The molecule has 2 aromatic carbocycles. The lowest BCUT2D eigenvalue weighted by Crippen LogP contribution is -2.44. The number of hydrogen-bond donors (Lipinski definition) is 1. The molecule has 0 unspecified atom stereocenters. The number of sulfonamides is 1. The van der Waals surface area contributed by atoms with Gasteiger partial charge in [-0.3, -0.25) is 0 Å². The first kappa shape index (κ1) is 16.1. The summed E-state index contributed by atoms with van der Waals surface area (Å²) >= 11 is 0. The highest BCUT2D eigenvalue weighted by Gasteiger charge is 2.41. The Hall–Kier alpha value is -1.79. The second kappa shape index (κ2) is 6.02. The largest absolute Gasteiger partial charge is 0.241 e. The zero-order valence-corrected chi connectivity index (χ0v) is 13.2. The number of nitrogens with one attached hydrogen (secondary N) is 1. The topological polar surface area (TPSA) is 46.2 Å². The van der Waals surface area contributed by atoms with Crippen LogP contribution in [0.2, 0.25) is 0 Å². The summed E-state index contributed by atoms with van der Waals surface area (Å²) in [4.78, 5) is -0.0264. The van der Waals surface area contributed by atoms with Gasteiger partial charge in [-0.2, -0.15) is 0 Å². The van der Waals surface area contributed by atoms with Crippen molar-refractivity contribution in [2.75, 3.05) is 0 Å². The summed E-state index contributed by atoms with van der Waals surface area (Å²) in [6.45, 7) is 0. The summed E-state index contributed by atoms with van der Waals surface area (Å²) in [6, 6.07) is 10.8. The van der Waals surface area contributed by atoms with Gasteiger partial charge in [-0.15, -0.1) is 0 Å². The molecule has 1 aliphatic rings. The van der Waals surface area contributed by atoms with Crippen LogP contribution in [0.5, 0.6) is 0 Å². The Morgan fingerprint density at radius 3 is 2.13 bits per heavy atom. The van der Waals surface area contributed by atoms with Crippen molar-refractivity contribution in [1.82, 2.24) is 4.72 Å². The Morgan fingerprint density at radius 2 is 1.52 bits per heavy atom. The quantitative estimate of drug-likeness (QED) is 0.924. The number of hydrogen-bond acceptors (Lipinski definition) is 2. The van der Waals surface area contributed by atoms with E-state index in [4.69, 9.17) is 0 Å². The lowest BCUT2D eigenvalue weighted by Gasteiger charge is -2.31. The average molecular weight is 337 g/mol. The van der Waals surface area contributed by atoms with E-state index in [1.807, 2.05) is 0 Å². The van der Waals surface area contributed by atoms with Gasteiger partial charge in [0.1, 0.15) is 11.6 Å². The van der Waals surface area contributed by atoms with Crippen LogP contribution in [-0.2, 0) is 15.6 Å². The van der Waals surface area contributed by atoms with Gasteiger partial charge in [-0.05, 0) is 43.2 Å². The molecule has 6 heteroatoms. The van der Waals surface area contributed by atoms with Crippen molar-refractivity contribution in [2.45, 2.75) is 36.1 Å². The zero-order chi connectivity index (χ0) is 16.5. The van der Waals surface area contributed by atoms with E-state index in [1.165, 1.54) is 18.2 Å². The monoisotopic (exact) mass is 337 g/mol. The van der Waals surface area contributed by atoms with Crippen molar-refractivity contribution in [3.63, 3.8) is 0 Å². The molecule has 0 saturated heterocycles. The molecule has 1 saturated carbocycles. The molecular formula is C17H17F2NO2S. The van der Waals surface area contributed by atoms with E-state index in [2.05, 4.69) is 4.72 Å². The van der Waals surface area contributed by atoms with Crippen LogP contribution >= 0.6 is 0 Å². The summed E-state index contributed by atoms with van der Waals surface area (Å²) in [6.07, 6.45) is 2.71. The Balaban J connectivity index is 2.00. The summed E-state index contributed by atoms with van der Waals surface area (Å²) in [7, 11) is -3.87. The van der Waals surface area contributed by atoms with Crippen LogP contribution in [0.15, 0.2) is 53.4 Å². The lowest BCUT2D eigenvalue weighted by atomic mass is 9.89. The second-order valence-electron chi connectivity index (χ2n) is 5.83. The van der Waals surface area contributed by atoms with Crippen molar-refractivity contribution in [3.8, 4) is 0 Å². The molecule has 0 spiro atoms. The van der Waals surface area contributed by atoms with Gasteiger partial charge in [-0.1, -0.05) is 31.0 Å². The first-order valence-corrected chi connectivity index (χ1v) is 8.96. The molecule has 0 amide bonds. The van der Waals surface area contributed by atoms with Crippen LogP contribution in [0.1, 0.15) is 31.2 Å². The smallest absolute Gasteiger partial charge is 0.207 e. The van der Waals surface area contributed by atoms with Gasteiger partial charge >= 0.3 is 0 Å². The number of benzene rings is 2. The van der Waals surface area contributed by atoms with Crippen molar-refractivity contribution in [2.24, 2.45) is 0 Å². The molecule has 3 rings (SSSR count). The van der Waals surface area contributed by atoms with E-state index in [1.54, 1.807) is 18.2 Å². The third kappa shape index (κ3) is 3.14. The highest BCUT2D eigenvalue weighted by atomic mass is 32.2. The molecule has 23 heavy (non-hydrogen) atoms. The van der Waals surface area contributed by atoms with Crippen LogP contribution in [0.25, 0.3) is 0 Å². The average Bonchev–Trinajstić information content (AvgIpc) is 2.97. The van der Waals surface area contributed by atoms with Gasteiger partial charge in [-0.25, -0.2) is 21.9 Å². The highest BCUT2D eigenvalue weighted by molar-refractivity contribution is 7.89. The van der Waals surface area contributed by atoms with E-state index >= 15 is 0 Å². The number of rotatable bonds is 4. The van der Waals surface area contributed by atoms with Gasteiger partial charge in [0.15, 0.2) is 0 Å². The molecule has 2 aromatic rings. The van der Waals surface area contributed by atoms with E-state index in [0.717, 1.165) is 25.0 Å². The van der Waals surface area contributed by atoms with Gasteiger partial charge in [0, 0.05) is 5.56 Å². The minimum absolute atomic E-state index is 0.0264. The lowest BCUT2D eigenvalue weighted by molar-refractivity contribution is 0.385. The second-order valence-corrected chi connectivity index (χ2v) is 7.51. The van der Waals surface area contributed by atoms with Crippen molar-refractivity contribution in [1.29, 1.82) is 0 Å². The fraction of sp³-hybridized carbons (Fsp3) is 0.294. The molecule has 0 heterocycles. The van der Waals surface area contributed by atoms with Crippen LogP contribution in [0.4, 0.5) is 8.78 Å². The molecule has 0 atom stereocenters. The molecule has 1 aliphatic carbocycles. The SMILES string of the molecule is O=S(=O)(NC1(c2ccccc2F)CCCC1)c1ccc(F)cc1. The Kier molecular flexibility index (Phi) is 4.21. The number of halogens is 2. The fourth-order valence-corrected chi connectivity index (χ4v) is 4.62. The minimum atomic E-state index is -3.87. The summed E-state index contributed by atoms with van der Waals surface area (Å²) < 4.78 is 55.2. The van der Waals surface area contributed by atoms with E-state index in [-0.39, 0.29) is 4.90 Å². The molecule has 122 valence electrons. The molecule has 1 fully saturated rings. The molecular weight excluding hydrogens is 320 g/mol. The van der Waals surface area contributed by atoms with Gasteiger partial charge < -0.3 is 0 Å². The third-order valence-corrected chi connectivity index (χ3v) is 5.85. The van der Waals surface area contributed by atoms with Crippen LogP contribution < -0.4 is 4.72 Å². The predicted molar refractivity (Wildman–Crippen MR) is 83.3 cm³/mol. The first-order valence-electron chi connectivity index (χ1n) is 7.48. The maximum atomic E-state index is 14.2. The van der Waals surface area contributed by atoms with Crippen molar-refractivity contribution < 1.29 is 17.2 Å². The summed E-state index contributed by atoms with van der Waals surface area (Å²) in [5.41, 5.74) is -0.582. The molecule has 3 nitrogen and oxygen atoms in total. The minimum Gasteiger partial charge on any atom is -0.207 e. The highest BCUT2D eigenvalue weighted by Crippen LogP contribution is 2.41. The summed E-state index contributed by atoms with van der Waals surface area (Å²) in [5.74, 6) is -0.926. The van der Waals surface area contributed by atoms with E-state index < -0.39 is 27.2 Å². The normalized spacial score (nSPS) is 17.3. The zero-order valence-electron chi connectivity index (χ0n) is 12.4. The molecule has 0 aliphatic heterocycles. The fourth-order valence-electron chi connectivity index (χ4n) is 3.18. The van der Waals surface area contributed by atoms with Gasteiger partial charge in [0.25, 0.3) is 0 Å². The van der Waals surface area contributed by atoms with Crippen molar-refractivity contribution >= 4 is 10.0 Å². The Bertz CT molecular complexity index is 798. The van der Waals surface area contributed by atoms with Crippen LogP contribution in [0, 0.1) is 11.6 Å². The maximum absolute atomic E-state index is 14.2. The standard InChI is InChI=1S/C17H17F2NO2S/c18-13-7-9-14(10-8-13)23(21,22)20-17(11-3-4-12-17)15-5-1-2-6-16(15)19/h1-2,5-10,20H,3-4,11-12H2. The Labute approximate surface area is 134 Å². The van der Waals surface area contributed by atoms with Gasteiger partial charge in [0.2, 0.25) is 10.0 Å². The first-order chi connectivity index (χ1) is 10.9. The summed E-state index contributed by atoms with van der Waals surface area (Å²) in [5, 5.41) is 0. The van der Waals surface area contributed by atoms with Gasteiger partial charge in [0.05, 0.1) is 10.4 Å². The molecule has 0 bridgehead atoms. The maximum Gasteiger partial charge on any atom is 0.241 e. The Morgan fingerprint density at radius 1 is 0.913 bits per heavy atom.